The van der Waals surface area contributed by atoms with Crippen LogP contribution >= 0.6 is 0 Å². The Kier molecular flexibility index (Phi) is 3.41. The van der Waals surface area contributed by atoms with E-state index < -0.39 is 0 Å². The smallest absolute Gasteiger partial charge is 0.327 e. The lowest BCUT2D eigenvalue weighted by Crippen LogP contribution is -2.29. The molecular weight excluding hydrogens is 252 g/mol. The van der Waals surface area contributed by atoms with Crippen LogP contribution < -0.4 is 5.32 Å². The molecule has 0 atom stereocenters. The molecule has 1 aromatic carbocycles. The zero-order valence-corrected chi connectivity index (χ0v) is 10.9. The van der Waals surface area contributed by atoms with E-state index in [9.17, 15) is 4.79 Å². The highest BCUT2D eigenvalue weighted by Gasteiger charge is 2.08. The number of carbonyl (C=O) groups is 1. The molecule has 0 aliphatic rings. The molecule has 0 aliphatic carbocycles. The highest BCUT2D eigenvalue weighted by molar-refractivity contribution is 5.88. The van der Waals surface area contributed by atoms with Crippen molar-refractivity contribution < 1.29 is 4.79 Å². The van der Waals surface area contributed by atoms with E-state index in [1.54, 1.807) is 18.5 Å². The number of nitrogens with one attached hydrogen (secondary N) is 1. The van der Waals surface area contributed by atoms with Gasteiger partial charge in [0, 0.05) is 12.7 Å². The summed E-state index contributed by atoms with van der Waals surface area (Å²) in [6.45, 7) is 0.591. The number of pyridine rings is 1. The number of nitrogens with zero attached hydrogens (tertiary/aromatic N) is 3. The van der Waals surface area contributed by atoms with E-state index in [1.165, 1.54) is 16.5 Å². The van der Waals surface area contributed by atoms with E-state index in [0.29, 0.717) is 12.1 Å². The molecule has 5 nitrogen and oxygen atoms in total. The van der Waals surface area contributed by atoms with Crippen molar-refractivity contribution in [3.8, 4) is 0 Å². The first-order valence-corrected chi connectivity index (χ1v) is 6.44. The lowest BCUT2D eigenvalue weighted by atomic mass is 10.1. The number of fused-ring (bicyclic) bond motifs is 1. The molecule has 1 amide bonds. The number of hydrogen-bond donors (Lipinski definition) is 1. The first-order chi connectivity index (χ1) is 9.84. The third-order valence-electron chi connectivity index (χ3n) is 3.10. The molecule has 2 heterocycles. The lowest BCUT2D eigenvalue weighted by Gasteiger charge is -2.06. The molecule has 3 aromatic rings. The molecule has 0 radical (unpaired) electrons. The summed E-state index contributed by atoms with van der Waals surface area (Å²) in [4.78, 5) is 20.2. The van der Waals surface area contributed by atoms with Crippen LogP contribution in [-0.4, -0.2) is 27.1 Å². The third kappa shape index (κ3) is 2.51. The minimum atomic E-state index is -0.172. The van der Waals surface area contributed by atoms with E-state index in [2.05, 4.69) is 15.3 Å². The molecule has 0 aliphatic heterocycles. The first kappa shape index (κ1) is 12.3. The number of amides is 1. The van der Waals surface area contributed by atoms with Crippen LogP contribution in [0.4, 0.5) is 4.79 Å². The molecule has 0 bridgehead atoms. The maximum Gasteiger partial charge on any atom is 0.327 e. The van der Waals surface area contributed by atoms with Gasteiger partial charge >= 0.3 is 6.03 Å². The number of hydrogen-bond acceptors (Lipinski definition) is 3. The lowest BCUT2D eigenvalue weighted by molar-refractivity contribution is 0.243. The van der Waals surface area contributed by atoms with Gasteiger partial charge in [-0.2, -0.15) is 0 Å². The zero-order valence-electron chi connectivity index (χ0n) is 10.9. The summed E-state index contributed by atoms with van der Waals surface area (Å²) < 4.78 is 1.50. The van der Waals surface area contributed by atoms with Crippen molar-refractivity contribution in [2.75, 3.05) is 6.54 Å². The summed E-state index contributed by atoms with van der Waals surface area (Å²) in [5, 5.41) is 2.89. The summed E-state index contributed by atoms with van der Waals surface area (Å²) in [5.41, 5.74) is 2.68. The minimum absolute atomic E-state index is 0.172. The van der Waals surface area contributed by atoms with Crippen LogP contribution in [0.25, 0.3) is 11.0 Å². The quantitative estimate of drug-likeness (QED) is 0.790. The van der Waals surface area contributed by atoms with Gasteiger partial charge in [0.2, 0.25) is 0 Å². The molecule has 0 spiro atoms. The van der Waals surface area contributed by atoms with Gasteiger partial charge in [-0.3, -0.25) is 9.55 Å². The van der Waals surface area contributed by atoms with Crippen molar-refractivity contribution in [3.63, 3.8) is 0 Å². The molecule has 1 N–H and O–H groups in total. The Morgan fingerprint density at radius 2 is 2.05 bits per heavy atom. The standard InChI is InChI=1S/C15H14N4O/c20-15(17-9-6-12-4-2-1-3-5-12)19-11-18-13-10-16-8-7-14(13)19/h1-5,7-8,10-11H,6,9H2,(H,17,20). The molecule has 0 fully saturated rings. The Balaban J connectivity index is 1.65. The molecule has 5 heteroatoms. The Labute approximate surface area is 116 Å². The molecule has 0 unspecified atom stereocenters. The monoisotopic (exact) mass is 266 g/mol. The second-order valence-electron chi connectivity index (χ2n) is 4.45. The summed E-state index contributed by atoms with van der Waals surface area (Å²) in [6.07, 6.45) is 5.62. The molecule has 20 heavy (non-hydrogen) atoms. The second kappa shape index (κ2) is 5.52. The molecule has 2 aromatic heterocycles. The van der Waals surface area contributed by atoms with Crippen molar-refractivity contribution in [2.45, 2.75) is 6.42 Å². The Morgan fingerprint density at radius 3 is 2.90 bits per heavy atom. The topological polar surface area (TPSA) is 59.8 Å². The van der Waals surface area contributed by atoms with E-state index >= 15 is 0 Å². The maximum atomic E-state index is 12.1. The summed E-state index contributed by atoms with van der Waals surface area (Å²) in [6, 6.07) is 11.7. The zero-order chi connectivity index (χ0) is 13.8. The Hall–Kier alpha value is -2.69. The van der Waals surface area contributed by atoms with Crippen LogP contribution in [0.5, 0.6) is 0 Å². The summed E-state index contributed by atoms with van der Waals surface area (Å²) >= 11 is 0. The highest BCUT2D eigenvalue weighted by Crippen LogP contribution is 2.09. The van der Waals surface area contributed by atoms with Crippen molar-refractivity contribution in [2.24, 2.45) is 0 Å². The maximum absolute atomic E-state index is 12.1. The molecule has 100 valence electrons. The fourth-order valence-electron chi connectivity index (χ4n) is 2.07. The van der Waals surface area contributed by atoms with Crippen molar-refractivity contribution >= 4 is 17.1 Å². The van der Waals surface area contributed by atoms with Gasteiger partial charge in [-0.15, -0.1) is 0 Å². The first-order valence-electron chi connectivity index (χ1n) is 6.44. The number of aromatic nitrogens is 3. The second-order valence-corrected chi connectivity index (χ2v) is 4.45. The van der Waals surface area contributed by atoms with Crippen molar-refractivity contribution in [1.82, 2.24) is 19.9 Å². The van der Waals surface area contributed by atoms with Crippen LogP contribution in [0.3, 0.4) is 0 Å². The van der Waals surface area contributed by atoms with Gasteiger partial charge in [0.25, 0.3) is 0 Å². The number of benzene rings is 1. The predicted octanol–water partition coefficient (Wildman–Crippen LogP) is 2.23. The van der Waals surface area contributed by atoms with Gasteiger partial charge in [-0.25, -0.2) is 9.78 Å². The van der Waals surface area contributed by atoms with E-state index in [-0.39, 0.29) is 6.03 Å². The van der Waals surface area contributed by atoms with Gasteiger partial charge in [0.1, 0.15) is 11.8 Å². The van der Waals surface area contributed by atoms with E-state index in [1.807, 2.05) is 30.3 Å². The minimum Gasteiger partial charge on any atom is -0.337 e. The molecule has 0 saturated carbocycles. The van der Waals surface area contributed by atoms with Crippen LogP contribution in [0, 0.1) is 0 Å². The average Bonchev–Trinajstić information content (AvgIpc) is 2.92. The van der Waals surface area contributed by atoms with Gasteiger partial charge < -0.3 is 5.32 Å². The van der Waals surface area contributed by atoms with Crippen molar-refractivity contribution in [3.05, 3.63) is 60.7 Å². The fourth-order valence-corrected chi connectivity index (χ4v) is 2.07. The predicted molar refractivity (Wildman–Crippen MR) is 76.5 cm³/mol. The SMILES string of the molecule is O=C(NCCc1ccccc1)n1cnc2cnccc21. The normalized spacial score (nSPS) is 10.6. The fraction of sp³-hybridized carbons (Fsp3) is 0.133. The molecule has 0 saturated heterocycles. The summed E-state index contributed by atoms with van der Waals surface area (Å²) in [7, 11) is 0. The van der Waals surface area contributed by atoms with Gasteiger partial charge in [-0.05, 0) is 18.1 Å². The number of rotatable bonds is 3. The van der Waals surface area contributed by atoms with Gasteiger partial charge in [0.15, 0.2) is 0 Å². The number of imidazole rings is 1. The van der Waals surface area contributed by atoms with Crippen LogP contribution in [0.1, 0.15) is 5.56 Å². The van der Waals surface area contributed by atoms with Crippen LogP contribution in [-0.2, 0) is 6.42 Å². The Bertz CT molecular complexity index is 721. The van der Waals surface area contributed by atoms with Gasteiger partial charge in [0.05, 0.1) is 11.7 Å². The largest absolute Gasteiger partial charge is 0.337 e. The molecule has 3 rings (SSSR count). The van der Waals surface area contributed by atoms with Crippen LogP contribution in [0.2, 0.25) is 0 Å². The number of carbonyl (C=O) groups excluding carboxylic acids is 1. The van der Waals surface area contributed by atoms with E-state index in [0.717, 1.165) is 11.9 Å². The average molecular weight is 266 g/mol. The summed E-state index contributed by atoms with van der Waals surface area (Å²) in [5.74, 6) is 0. The Morgan fingerprint density at radius 1 is 1.20 bits per heavy atom. The van der Waals surface area contributed by atoms with Crippen LogP contribution in [0.15, 0.2) is 55.1 Å². The highest BCUT2D eigenvalue weighted by atomic mass is 16.2. The molecular formula is C15H14N4O. The van der Waals surface area contributed by atoms with Crippen molar-refractivity contribution in [1.29, 1.82) is 0 Å². The van der Waals surface area contributed by atoms with Gasteiger partial charge in [-0.1, -0.05) is 30.3 Å². The van der Waals surface area contributed by atoms with E-state index in [4.69, 9.17) is 0 Å². The third-order valence-corrected chi connectivity index (χ3v) is 3.10.